The summed E-state index contributed by atoms with van der Waals surface area (Å²) in [6.45, 7) is 0. The summed E-state index contributed by atoms with van der Waals surface area (Å²) in [5, 5.41) is 11.7. The molecule has 0 aliphatic carbocycles. The van der Waals surface area contributed by atoms with Crippen LogP contribution in [0.4, 0.5) is 21.6 Å². The number of halogens is 2. The van der Waals surface area contributed by atoms with Crippen LogP contribution in [0.5, 0.6) is 0 Å². The molecule has 2 aromatic rings. The van der Waals surface area contributed by atoms with E-state index in [1.54, 1.807) is 12.1 Å². The van der Waals surface area contributed by atoms with Crippen molar-refractivity contribution >= 4 is 39.1 Å². The minimum Gasteiger partial charge on any atom is -0.478 e. The first-order chi connectivity index (χ1) is 8.99. The van der Waals surface area contributed by atoms with Crippen LogP contribution in [0.3, 0.4) is 0 Å². The molecule has 2 rings (SSSR count). The summed E-state index contributed by atoms with van der Waals surface area (Å²) in [6, 6.07) is 5.73. The molecular formula is C12H9BrFN3O2. The first-order valence-electron chi connectivity index (χ1n) is 5.19. The molecule has 0 atom stereocenters. The van der Waals surface area contributed by atoms with E-state index in [0.29, 0.717) is 4.47 Å². The maximum absolute atomic E-state index is 13.6. The molecule has 5 nitrogen and oxygen atoms in total. The van der Waals surface area contributed by atoms with Crippen LogP contribution in [0.25, 0.3) is 0 Å². The molecule has 1 aromatic heterocycles. The van der Waals surface area contributed by atoms with Crippen LogP contribution in [0, 0.1) is 5.82 Å². The van der Waals surface area contributed by atoms with Gasteiger partial charge in [0.25, 0.3) is 0 Å². The quantitative estimate of drug-likeness (QED) is 0.807. The van der Waals surface area contributed by atoms with Gasteiger partial charge < -0.3 is 16.2 Å². The molecule has 1 aromatic carbocycles. The lowest BCUT2D eigenvalue weighted by Crippen LogP contribution is -2.05. The zero-order chi connectivity index (χ0) is 14.0. The molecule has 0 spiro atoms. The Labute approximate surface area is 116 Å². The second-order valence-electron chi connectivity index (χ2n) is 3.68. The van der Waals surface area contributed by atoms with Gasteiger partial charge in [0.15, 0.2) is 0 Å². The average Bonchev–Trinajstić information content (AvgIpc) is 2.35. The highest BCUT2D eigenvalue weighted by atomic mass is 79.9. The number of carboxylic acids is 1. The Kier molecular flexibility index (Phi) is 3.66. The molecule has 98 valence electrons. The number of aromatic nitrogens is 1. The number of benzene rings is 1. The van der Waals surface area contributed by atoms with Gasteiger partial charge in [-0.2, -0.15) is 0 Å². The maximum Gasteiger partial charge on any atom is 0.337 e. The van der Waals surface area contributed by atoms with Gasteiger partial charge in [0.2, 0.25) is 0 Å². The molecule has 19 heavy (non-hydrogen) atoms. The maximum atomic E-state index is 13.6. The molecular weight excluding hydrogens is 317 g/mol. The number of nitrogens with one attached hydrogen (secondary N) is 1. The van der Waals surface area contributed by atoms with Crippen LogP contribution >= 0.6 is 15.9 Å². The van der Waals surface area contributed by atoms with E-state index in [1.165, 1.54) is 18.3 Å². The van der Waals surface area contributed by atoms with Gasteiger partial charge in [0.05, 0.1) is 23.1 Å². The van der Waals surface area contributed by atoms with Crippen molar-refractivity contribution in [2.24, 2.45) is 0 Å². The van der Waals surface area contributed by atoms with Crippen molar-refractivity contribution in [3.8, 4) is 0 Å². The summed E-state index contributed by atoms with van der Waals surface area (Å²) < 4.78 is 14.1. The molecule has 0 saturated heterocycles. The molecule has 4 N–H and O–H groups in total. The number of nitrogens with two attached hydrogens (primary N) is 1. The third-order valence-corrected chi connectivity index (χ3v) is 3.04. The number of carbonyl (C=O) groups is 1. The molecule has 0 saturated carbocycles. The number of aromatic carboxylic acids is 1. The van der Waals surface area contributed by atoms with Gasteiger partial charge in [-0.15, -0.1) is 0 Å². The van der Waals surface area contributed by atoms with Crippen molar-refractivity contribution in [3.05, 3.63) is 46.3 Å². The lowest BCUT2D eigenvalue weighted by Gasteiger charge is -2.10. The highest BCUT2D eigenvalue weighted by Gasteiger charge is 2.12. The SMILES string of the molecule is Nc1cnc(Nc2c(F)cccc2Br)cc1C(=O)O. The van der Waals surface area contributed by atoms with E-state index in [0.717, 1.165) is 0 Å². The van der Waals surface area contributed by atoms with E-state index in [2.05, 4.69) is 26.2 Å². The fourth-order valence-corrected chi connectivity index (χ4v) is 1.91. The summed E-state index contributed by atoms with van der Waals surface area (Å²) in [5.74, 6) is -1.46. The standard InChI is InChI=1S/C12H9BrFN3O2/c13-7-2-1-3-8(14)11(7)17-10-4-6(12(18)19)9(15)5-16-10/h1-5H,15H2,(H,16,17)(H,18,19). The van der Waals surface area contributed by atoms with Crippen molar-refractivity contribution in [2.45, 2.75) is 0 Å². The van der Waals surface area contributed by atoms with Gasteiger partial charge in [0.1, 0.15) is 11.6 Å². The molecule has 0 radical (unpaired) electrons. The Morgan fingerprint density at radius 3 is 2.84 bits per heavy atom. The first kappa shape index (κ1) is 13.3. The highest BCUT2D eigenvalue weighted by molar-refractivity contribution is 9.10. The zero-order valence-corrected chi connectivity index (χ0v) is 11.1. The Morgan fingerprint density at radius 2 is 2.21 bits per heavy atom. The number of pyridine rings is 1. The third-order valence-electron chi connectivity index (χ3n) is 2.38. The Morgan fingerprint density at radius 1 is 1.47 bits per heavy atom. The van der Waals surface area contributed by atoms with Crippen LogP contribution in [0.15, 0.2) is 34.9 Å². The van der Waals surface area contributed by atoms with E-state index in [9.17, 15) is 9.18 Å². The van der Waals surface area contributed by atoms with Gasteiger partial charge in [-0.1, -0.05) is 6.07 Å². The van der Waals surface area contributed by atoms with Gasteiger partial charge in [-0.3, -0.25) is 0 Å². The number of hydrogen-bond acceptors (Lipinski definition) is 4. The number of rotatable bonds is 3. The Bertz CT molecular complexity index is 629. The van der Waals surface area contributed by atoms with Gasteiger partial charge in [-0.25, -0.2) is 14.2 Å². The number of nitrogens with zero attached hydrogens (tertiary/aromatic N) is 1. The number of hydrogen-bond donors (Lipinski definition) is 3. The van der Waals surface area contributed by atoms with Crippen LogP contribution in [0.2, 0.25) is 0 Å². The fraction of sp³-hybridized carbons (Fsp3) is 0. The van der Waals surface area contributed by atoms with Gasteiger partial charge in [-0.05, 0) is 34.1 Å². The lowest BCUT2D eigenvalue weighted by atomic mass is 10.2. The highest BCUT2D eigenvalue weighted by Crippen LogP contribution is 2.28. The Balaban J connectivity index is 2.39. The van der Waals surface area contributed by atoms with Crippen LogP contribution in [-0.4, -0.2) is 16.1 Å². The summed E-state index contributed by atoms with van der Waals surface area (Å²) in [7, 11) is 0. The second kappa shape index (κ2) is 5.23. The van der Waals surface area contributed by atoms with Crippen molar-refractivity contribution < 1.29 is 14.3 Å². The molecule has 0 aliphatic rings. The molecule has 0 unspecified atom stereocenters. The minimum absolute atomic E-state index is 0.0469. The predicted molar refractivity (Wildman–Crippen MR) is 73.0 cm³/mol. The topological polar surface area (TPSA) is 88.2 Å². The van der Waals surface area contributed by atoms with Crippen molar-refractivity contribution in [2.75, 3.05) is 11.1 Å². The smallest absolute Gasteiger partial charge is 0.337 e. The van der Waals surface area contributed by atoms with E-state index in [4.69, 9.17) is 10.8 Å². The largest absolute Gasteiger partial charge is 0.478 e. The van der Waals surface area contributed by atoms with Crippen molar-refractivity contribution in [1.82, 2.24) is 4.98 Å². The molecule has 0 aliphatic heterocycles. The minimum atomic E-state index is -1.17. The lowest BCUT2D eigenvalue weighted by molar-refractivity contribution is 0.0698. The Hall–Kier alpha value is -2.15. The summed E-state index contributed by atoms with van der Waals surface area (Å²) in [6.07, 6.45) is 1.21. The van der Waals surface area contributed by atoms with Crippen LogP contribution in [-0.2, 0) is 0 Å². The summed E-state index contributed by atoms with van der Waals surface area (Å²) in [5.41, 5.74) is 5.62. The summed E-state index contributed by atoms with van der Waals surface area (Å²) >= 11 is 3.20. The van der Waals surface area contributed by atoms with Gasteiger partial charge in [0, 0.05) is 4.47 Å². The van der Waals surface area contributed by atoms with Crippen LogP contribution < -0.4 is 11.1 Å². The van der Waals surface area contributed by atoms with E-state index >= 15 is 0 Å². The second-order valence-corrected chi connectivity index (χ2v) is 4.54. The number of nitrogen functional groups attached to an aromatic ring is 1. The summed E-state index contributed by atoms with van der Waals surface area (Å²) in [4.78, 5) is 14.9. The van der Waals surface area contributed by atoms with Crippen molar-refractivity contribution in [1.29, 1.82) is 0 Å². The van der Waals surface area contributed by atoms with Crippen molar-refractivity contribution in [3.63, 3.8) is 0 Å². The predicted octanol–water partition coefficient (Wildman–Crippen LogP) is 3.01. The number of carboxylic acid groups (broad SMARTS) is 1. The molecule has 0 bridgehead atoms. The molecule has 7 heteroatoms. The van der Waals surface area contributed by atoms with E-state index < -0.39 is 11.8 Å². The number of para-hydroxylation sites is 1. The van der Waals surface area contributed by atoms with Gasteiger partial charge >= 0.3 is 5.97 Å². The monoisotopic (exact) mass is 325 g/mol. The van der Waals surface area contributed by atoms with E-state index in [-0.39, 0.29) is 22.8 Å². The molecule has 1 heterocycles. The average molecular weight is 326 g/mol. The first-order valence-corrected chi connectivity index (χ1v) is 5.98. The normalized spacial score (nSPS) is 10.2. The fourth-order valence-electron chi connectivity index (χ4n) is 1.46. The third kappa shape index (κ3) is 2.82. The molecule has 0 amide bonds. The number of anilines is 3. The van der Waals surface area contributed by atoms with Crippen LogP contribution in [0.1, 0.15) is 10.4 Å². The zero-order valence-electron chi connectivity index (χ0n) is 9.52. The van der Waals surface area contributed by atoms with E-state index in [1.807, 2.05) is 0 Å². The molecule has 0 fully saturated rings.